The number of hydrogen-bond donors (Lipinski definition) is 0. The topological polar surface area (TPSA) is 23.8 Å². The number of nitriles is 1. The van der Waals surface area contributed by atoms with Crippen LogP contribution in [0.2, 0.25) is 0 Å². The lowest BCUT2D eigenvalue weighted by molar-refractivity contribution is 0.0319. The minimum atomic E-state index is 0.108. The molecule has 0 N–H and O–H groups in total. The highest BCUT2D eigenvalue weighted by Crippen LogP contribution is 2.56. The van der Waals surface area contributed by atoms with Gasteiger partial charge in [-0.05, 0) is 37.5 Å². The predicted molar refractivity (Wildman–Crippen MR) is 53.1 cm³/mol. The molecule has 0 saturated heterocycles. The molecule has 0 aliphatic heterocycles. The van der Waals surface area contributed by atoms with E-state index in [0.717, 1.165) is 0 Å². The number of rotatable bonds is 3. The molecule has 2 fully saturated rings. The van der Waals surface area contributed by atoms with E-state index in [1.165, 1.54) is 51.4 Å². The maximum atomic E-state index is 9.16. The molecule has 1 heteroatoms. The molecule has 0 unspecified atom stereocenters. The molecule has 0 atom stereocenters. The second-order valence-corrected chi connectivity index (χ2v) is 5.13. The monoisotopic (exact) mass is 177 g/mol. The highest BCUT2D eigenvalue weighted by atomic mass is 14.5. The fourth-order valence-electron chi connectivity index (χ4n) is 2.98. The summed E-state index contributed by atoms with van der Waals surface area (Å²) in [5, 5.41) is 9.16. The van der Waals surface area contributed by atoms with Gasteiger partial charge in [0.25, 0.3) is 0 Å². The van der Waals surface area contributed by atoms with Crippen molar-refractivity contribution in [2.45, 2.75) is 58.3 Å². The molecule has 0 bridgehead atoms. The van der Waals surface area contributed by atoms with E-state index in [0.29, 0.717) is 5.41 Å². The predicted octanol–water partition coefficient (Wildman–Crippen LogP) is 3.65. The molecule has 2 aliphatic rings. The summed E-state index contributed by atoms with van der Waals surface area (Å²) in [7, 11) is 0. The lowest BCUT2D eigenvalue weighted by Crippen LogP contribution is -2.39. The summed E-state index contributed by atoms with van der Waals surface area (Å²) < 4.78 is 0. The summed E-state index contributed by atoms with van der Waals surface area (Å²) in [4.78, 5) is 0. The molecule has 0 spiro atoms. The van der Waals surface area contributed by atoms with Gasteiger partial charge in [0.05, 0.1) is 11.5 Å². The van der Waals surface area contributed by atoms with Crippen molar-refractivity contribution >= 4 is 0 Å². The Morgan fingerprint density at radius 3 is 2.00 bits per heavy atom. The molecule has 0 aromatic carbocycles. The molecule has 1 nitrogen and oxygen atoms in total. The lowest BCUT2D eigenvalue weighted by atomic mass is 9.54. The smallest absolute Gasteiger partial charge is 0.0689 e. The third-order valence-electron chi connectivity index (χ3n) is 4.43. The normalized spacial score (nSPS) is 28.3. The molecule has 13 heavy (non-hydrogen) atoms. The van der Waals surface area contributed by atoms with Crippen LogP contribution in [0.25, 0.3) is 0 Å². The van der Waals surface area contributed by atoms with E-state index in [-0.39, 0.29) is 5.41 Å². The van der Waals surface area contributed by atoms with Crippen molar-refractivity contribution < 1.29 is 0 Å². The van der Waals surface area contributed by atoms with Crippen molar-refractivity contribution in [3.8, 4) is 6.07 Å². The van der Waals surface area contributed by atoms with E-state index in [9.17, 15) is 0 Å². The standard InChI is InChI=1S/C12H19N/c1-2-11(5-3-6-11)9-12(10-13)7-4-8-12/h2-9H2,1H3. The summed E-state index contributed by atoms with van der Waals surface area (Å²) in [6, 6.07) is 2.57. The molecule has 0 aromatic heterocycles. The maximum absolute atomic E-state index is 9.16. The molecular formula is C12H19N. The molecule has 2 aliphatic carbocycles. The van der Waals surface area contributed by atoms with Crippen molar-refractivity contribution in [3.63, 3.8) is 0 Å². The SMILES string of the molecule is CCC1(CC2(C#N)CCC2)CCC1. The number of nitrogens with zero attached hydrogens (tertiary/aromatic N) is 1. The second-order valence-electron chi connectivity index (χ2n) is 5.13. The summed E-state index contributed by atoms with van der Waals surface area (Å²) >= 11 is 0. The Morgan fingerprint density at radius 2 is 1.77 bits per heavy atom. The molecule has 2 saturated carbocycles. The van der Waals surface area contributed by atoms with E-state index >= 15 is 0 Å². The third kappa shape index (κ3) is 1.37. The van der Waals surface area contributed by atoms with E-state index in [2.05, 4.69) is 13.0 Å². The summed E-state index contributed by atoms with van der Waals surface area (Å²) in [6.07, 6.45) is 10.3. The van der Waals surface area contributed by atoms with Crippen LogP contribution < -0.4 is 0 Å². The van der Waals surface area contributed by atoms with Crippen molar-refractivity contribution in [1.82, 2.24) is 0 Å². The zero-order chi connectivity index (χ0) is 9.36. The van der Waals surface area contributed by atoms with E-state index < -0.39 is 0 Å². The third-order valence-corrected chi connectivity index (χ3v) is 4.43. The van der Waals surface area contributed by atoms with Crippen LogP contribution in [0.1, 0.15) is 58.3 Å². The van der Waals surface area contributed by atoms with Gasteiger partial charge < -0.3 is 0 Å². The van der Waals surface area contributed by atoms with Gasteiger partial charge in [-0.25, -0.2) is 0 Å². The highest BCUT2D eigenvalue weighted by Gasteiger charge is 2.46. The Labute approximate surface area is 81.1 Å². The highest BCUT2D eigenvalue weighted by molar-refractivity contribution is 5.08. The summed E-state index contributed by atoms with van der Waals surface area (Å²) in [5.41, 5.74) is 0.687. The minimum Gasteiger partial charge on any atom is -0.198 e. The van der Waals surface area contributed by atoms with Crippen LogP contribution in [0.5, 0.6) is 0 Å². The quantitative estimate of drug-likeness (QED) is 0.645. The van der Waals surface area contributed by atoms with Crippen molar-refractivity contribution in [3.05, 3.63) is 0 Å². The lowest BCUT2D eigenvalue weighted by Gasteiger charge is -2.49. The first kappa shape index (κ1) is 9.06. The molecule has 72 valence electrons. The van der Waals surface area contributed by atoms with Crippen LogP contribution in [-0.2, 0) is 0 Å². The first-order chi connectivity index (χ1) is 6.24. The van der Waals surface area contributed by atoms with Gasteiger partial charge >= 0.3 is 0 Å². The molecular weight excluding hydrogens is 158 g/mol. The first-order valence-corrected chi connectivity index (χ1v) is 5.66. The summed E-state index contributed by atoms with van der Waals surface area (Å²) in [5.74, 6) is 0. The second kappa shape index (κ2) is 3.01. The Balaban J connectivity index is 1.99. The van der Waals surface area contributed by atoms with Gasteiger partial charge in [0, 0.05) is 0 Å². The van der Waals surface area contributed by atoms with Crippen LogP contribution in [0, 0.1) is 22.2 Å². The molecule has 0 heterocycles. The molecule has 0 aromatic rings. The van der Waals surface area contributed by atoms with Crippen LogP contribution in [-0.4, -0.2) is 0 Å². The molecule has 0 amide bonds. The van der Waals surface area contributed by atoms with Gasteiger partial charge in [-0.15, -0.1) is 0 Å². The zero-order valence-corrected chi connectivity index (χ0v) is 8.60. The Bertz CT molecular complexity index is 222. The van der Waals surface area contributed by atoms with E-state index in [1.807, 2.05) is 0 Å². The Kier molecular flexibility index (Phi) is 2.10. The van der Waals surface area contributed by atoms with Crippen LogP contribution >= 0.6 is 0 Å². The van der Waals surface area contributed by atoms with Crippen molar-refractivity contribution in [2.75, 3.05) is 0 Å². The van der Waals surface area contributed by atoms with Gasteiger partial charge in [-0.3, -0.25) is 0 Å². The molecule has 2 rings (SSSR count). The van der Waals surface area contributed by atoms with Crippen molar-refractivity contribution in [1.29, 1.82) is 5.26 Å². The fourth-order valence-corrected chi connectivity index (χ4v) is 2.98. The van der Waals surface area contributed by atoms with Gasteiger partial charge in [0.15, 0.2) is 0 Å². The number of hydrogen-bond acceptors (Lipinski definition) is 1. The van der Waals surface area contributed by atoms with Gasteiger partial charge in [0.2, 0.25) is 0 Å². The Hall–Kier alpha value is -0.510. The van der Waals surface area contributed by atoms with Crippen LogP contribution in [0.3, 0.4) is 0 Å². The van der Waals surface area contributed by atoms with E-state index in [4.69, 9.17) is 5.26 Å². The van der Waals surface area contributed by atoms with Gasteiger partial charge in [-0.2, -0.15) is 5.26 Å². The fraction of sp³-hybridized carbons (Fsp3) is 0.917. The average Bonchev–Trinajstić information content (AvgIpc) is 2.02. The maximum Gasteiger partial charge on any atom is 0.0689 e. The van der Waals surface area contributed by atoms with Crippen LogP contribution in [0.15, 0.2) is 0 Å². The van der Waals surface area contributed by atoms with E-state index in [1.54, 1.807) is 0 Å². The molecule has 0 radical (unpaired) electrons. The average molecular weight is 177 g/mol. The van der Waals surface area contributed by atoms with Gasteiger partial charge in [-0.1, -0.05) is 26.2 Å². The first-order valence-electron chi connectivity index (χ1n) is 5.66. The summed E-state index contributed by atoms with van der Waals surface area (Å²) in [6.45, 7) is 2.29. The Morgan fingerprint density at radius 1 is 1.15 bits per heavy atom. The zero-order valence-electron chi connectivity index (χ0n) is 8.60. The largest absolute Gasteiger partial charge is 0.198 e. The van der Waals surface area contributed by atoms with Crippen molar-refractivity contribution in [2.24, 2.45) is 10.8 Å². The minimum absolute atomic E-state index is 0.108. The van der Waals surface area contributed by atoms with Crippen LogP contribution in [0.4, 0.5) is 0 Å². The van der Waals surface area contributed by atoms with Gasteiger partial charge in [0.1, 0.15) is 0 Å².